The van der Waals surface area contributed by atoms with Gasteiger partial charge in [-0.05, 0) is 18.2 Å². The fourth-order valence-electron chi connectivity index (χ4n) is 2.22. The van der Waals surface area contributed by atoms with E-state index in [-0.39, 0.29) is 0 Å². The molecule has 74 valence electrons. The van der Waals surface area contributed by atoms with Crippen LogP contribution in [0.4, 0.5) is 0 Å². The molecule has 3 rings (SSSR count). The number of fused-ring (bicyclic) bond motifs is 1. The minimum absolute atomic E-state index is 0.368. The molecule has 0 spiro atoms. The lowest BCUT2D eigenvalue weighted by atomic mass is 10.1. The topological polar surface area (TPSA) is 35.1 Å². The quantitative estimate of drug-likeness (QED) is 0.714. The molecule has 3 nitrogen and oxygen atoms in total. The molecule has 1 saturated heterocycles. The molecule has 3 heteroatoms. The second-order valence-corrected chi connectivity index (χ2v) is 3.89. The number of rotatable bonds is 1. The van der Waals surface area contributed by atoms with Gasteiger partial charge in [-0.2, -0.15) is 0 Å². The molecule has 1 aromatic carbocycles. The summed E-state index contributed by atoms with van der Waals surface area (Å²) in [7, 11) is 0. The Hall–Kier alpha value is -1.22. The van der Waals surface area contributed by atoms with Crippen LogP contribution in [0.25, 0.3) is 0 Å². The van der Waals surface area contributed by atoms with E-state index in [1.807, 2.05) is 6.07 Å². The first-order valence-electron chi connectivity index (χ1n) is 5.16. The lowest BCUT2D eigenvalue weighted by molar-refractivity contribution is -0.676. The van der Waals surface area contributed by atoms with Crippen molar-refractivity contribution in [3.63, 3.8) is 0 Å². The zero-order valence-corrected chi connectivity index (χ0v) is 8.03. The van der Waals surface area contributed by atoms with Crippen molar-refractivity contribution in [1.29, 1.82) is 0 Å². The predicted molar refractivity (Wildman–Crippen MR) is 51.3 cm³/mol. The normalized spacial score (nSPS) is 24.1. The minimum atomic E-state index is 0.368. The summed E-state index contributed by atoms with van der Waals surface area (Å²) in [4.78, 5) is 0. The molecule has 1 aromatic rings. The SMILES string of the molecule is c1cc2c(cc1[C@H]1CCC[NH2+]1)OCO2. The molecule has 2 aliphatic rings. The number of hydrogen-bond acceptors (Lipinski definition) is 2. The zero-order chi connectivity index (χ0) is 9.38. The van der Waals surface area contributed by atoms with Gasteiger partial charge in [0.1, 0.15) is 6.04 Å². The van der Waals surface area contributed by atoms with Gasteiger partial charge < -0.3 is 14.8 Å². The molecule has 0 bridgehead atoms. The molecular formula is C11H14NO2+. The van der Waals surface area contributed by atoms with Crippen LogP contribution in [0.15, 0.2) is 18.2 Å². The molecule has 2 aliphatic heterocycles. The maximum atomic E-state index is 5.36. The van der Waals surface area contributed by atoms with Crippen LogP contribution in [0.3, 0.4) is 0 Å². The molecule has 0 aromatic heterocycles. The molecule has 0 saturated carbocycles. The van der Waals surface area contributed by atoms with Crippen molar-refractivity contribution in [2.75, 3.05) is 13.3 Å². The number of benzene rings is 1. The van der Waals surface area contributed by atoms with Crippen molar-refractivity contribution < 1.29 is 14.8 Å². The fraction of sp³-hybridized carbons (Fsp3) is 0.455. The maximum absolute atomic E-state index is 5.36. The van der Waals surface area contributed by atoms with Gasteiger partial charge in [-0.25, -0.2) is 0 Å². The van der Waals surface area contributed by atoms with Gasteiger partial charge in [0.2, 0.25) is 6.79 Å². The van der Waals surface area contributed by atoms with E-state index >= 15 is 0 Å². The van der Waals surface area contributed by atoms with Crippen LogP contribution in [-0.4, -0.2) is 13.3 Å². The van der Waals surface area contributed by atoms with Gasteiger partial charge in [0, 0.05) is 18.4 Å². The molecule has 0 unspecified atom stereocenters. The van der Waals surface area contributed by atoms with Gasteiger partial charge in [0.15, 0.2) is 11.5 Å². The molecule has 2 heterocycles. The van der Waals surface area contributed by atoms with Gasteiger partial charge in [-0.1, -0.05) is 0 Å². The van der Waals surface area contributed by atoms with Crippen molar-refractivity contribution in [3.8, 4) is 11.5 Å². The summed E-state index contributed by atoms with van der Waals surface area (Å²) < 4.78 is 10.6. The van der Waals surface area contributed by atoms with Crippen LogP contribution in [0.5, 0.6) is 11.5 Å². The van der Waals surface area contributed by atoms with Crippen LogP contribution in [0, 0.1) is 0 Å². The molecular weight excluding hydrogens is 178 g/mol. The van der Waals surface area contributed by atoms with Gasteiger partial charge in [-0.15, -0.1) is 0 Å². The second-order valence-electron chi connectivity index (χ2n) is 3.89. The second kappa shape index (κ2) is 3.17. The van der Waals surface area contributed by atoms with E-state index in [2.05, 4.69) is 17.4 Å². The fourth-order valence-corrected chi connectivity index (χ4v) is 2.22. The Kier molecular flexibility index (Phi) is 1.84. The van der Waals surface area contributed by atoms with Gasteiger partial charge in [-0.3, -0.25) is 0 Å². The summed E-state index contributed by atoms with van der Waals surface area (Å²) in [5.74, 6) is 1.79. The molecule has 0 aliphatic carbocycles. The first-order chi connectivity index (χ1) is 6.93. The van der Waals surface area contributed by atoms with Crippen molar-refractivity contribution in [2.45, 2.75) is 18.9 Å². The Balaban J connectivity index is 1.91. The highest BCUT2D eigenvalue weighted by molar-refractivity contribution is 5.45. The first kappa shape index (κ1) is 8.12. The number of quaternary nitrogens is 1. The maximum Gasteiger partial charge on any atom is 0.231 e. The Labute approximate surface area is 83.0 Å². The summed E-state index contributed by atoms with van der Waals surface area (Å²) >= 11 is 0. The monoisotopic (exact) mass is 192 g/mol. The van der Waals surface area contributed by atoms with E-state index < -0.39 is 0 Å². The van der Waals surface area contributed by atoms with E-state index in [0.29, 0.717) is 12.8 Å². The summed E-state index contributed by atoms with van der Waals surface area (Å²) in [5, 5.41) is 2.40. The molecule has 1 fully saturated rings. The summed E-state index contributed by atoms with van der Waals surface area (Å²) in [5.41, 5.74) is 1.37. The minimum Gasteiger partial charge on any atom is -0.454 e. The summed E-state index contributed by atoms with van der Waals surface area (Å²) in [6.07, 6.45) is 2.60. The summed E-state index contributed by atoms with van der Waals surface area (Å²) in [6.45, 7) is 1.62. The number of nitrogens with two attached hydrogens (primary N) is 1. The third-order valence-corrected chi connectivity index (χ3v) is 3.00. The number of ether oxygens (including phenoxy) is 2. The Morgan fingerprint density at radius 3 is 3.00 bits per heavy atom. The standard InChI is InChI=1S/C11H13NO2/c1-2-9(12-5-1)8-3-4-10-11(6-8)14-7-13-10/h3-4,6,9,12H,1-2,5,7H2/p+1/t9-/m1/s1. The first-order valence-corrected chi connectivity index (χ1v) is 5.16. The molecule has 14 heavy (non-hydrogen) atoms. The van der Waals surface area contributed by atoms with Crippen LogP contribution in [0.2, 0.25) is 0 Å². The lowest BCUT2D eigenvalue weighted by Crippen LogP contribution is -2.81. The highest BCUT2D eigenvalue weighted by Gasteiger charge is 2.23. The highest BCUT2D eigenvalue weighted by atomic mass is 16.7. The third kappa shape index (κ3) is 1.24. The number of hydrogen-bond donors (Lipinski definition) is 1. The Bertz CT molecular complexity index is 345. The molecule has 0 amide bonds. The van der Waals surface area contributed by atoms with Gasteiger partial charge in [0.05, 0.1) is 6.54 Å². The molecule has 0 radical (unpaired) electrons. The van der Waals surface area contributed by atoms with Crippen LogP contribution >= 0.6 is 0 Å². The van der Waals surface area contributed by atoms with Crippen molar-refractivity contribution in [3.05, 3.63) is 23.8 Å². The van der Waals surface area contributed by atoms with Crippen molar-refractivity contribution in [2.24, 2.45) is 0 Å². The smallest absolute Gasteiger partial charge is 0.231 e. The highest BCUT2D eigenvalue weighted by Crippen LogP contribution is 2.34. The van der Waals surface area contributed by atoms with E-state index in [1.165, 1.54) is 24.9 Å². The average Bonchev–Trinajstić information content (AvgIpc) is 2.88. The van der Waals surface area contributed by atoms with E-state index in [1.54, 1.807) is 0 Å². The Morgan fingerprint density at radius 2 is 2.14 bits per heavy atom. The largest absolute Gasteiger partial charge is 0.454 e. The third-order valence-electron chi connectivity index (χ3n) is 3.00. The van der Waals surface area contributed by atoms with Gasteiger partial charge >= 0.3 is 0 Å². The van der Waals surface area contributed by atoms with E-state index in [4.69, 9.17) is 9.47 Å². The molecule has 1 atom stereocenters. The lowest BCUT2D eigenvalue weighted by Gasteiger charge is -2.07. The van der Waals surface area contributed by atoms with Crippen LogP contribution < -0.4 is 14.8 Å². The zero-order valence-electron chi connectivity index (χ0n) is 8.03. The van der Waals surface area contributed by atoms with Crippen LogP contribution in [-0.2, 0) is 0 Å². The van der Waals surface area contributed by atoms with Crippen LogP contribution in [0.1, 0.15) is 24.4 Å². The van der Waals surface area contributed by atoms with Gasteiger partial charge in [0.25, 0.3) is 0 Å². The average molecular weight is 192 g/mol. The Morgan fingerprint density at radius 1 is 1.21 bits per heavy atom. The van der Waals surface area contributed by atoms with E-state index in [0.717, 1.165) is 11.5 Å². The summed E-state index contributed by atoms with van der Waals surface area (Å²) in [6, 6.07) is 6.92. The molecule has 2 N–H and O–H groups in total. The van der Waals surface area contributed by atoms with E-state index in [9.17, 15) is 0 Å². The predicted octanol–water partition coefficient (Wildman–Crippen LogP) is 0.814. The van der Waals surface area contributed by atoms with Crippen molar-refractivity contribution in [1.82, 2.24) is 0 Å². The van der Waals surface area contributed by atoms with Crippen molar-refractivity contribution >= 4 is 0 Å².